The normalized spacial score (nSPS) is 12.1. The van der Waals surface area contributed by atoms with Crippen LogP contribution in [0.4, 0.5) is 18.3 Å². The second-order valence-corrected chi connectivity index (χ2v) is 7.96. The highest BCUT2D eigenvalue weighted by Crippen LogP contribution is 2.29. The maximum Gasteiger partial charge on any atom is 0.405 e. The molecule has 0 atom stereocenters. The number of nitrogens with zero attached hydrogens (tertiary/aromatic N) is 6. The smallest absolute Gasteiger partial charge is 0.351 e. The summed E-state index contributed by atoms with van der Waals surface area (Å²) in [6.45, 7) is -1.17. The molecule has 8 nitrogen and oxygen atoms in total. The van der Waals surface area contributed by atoms with Crippen molar-refractivity contribution < 1.29 is 13.2 Å². The summed E-state index contributed by atoms with van der Waals surface area (Å²) in [5.74, 6) is 1.35. The van der Waals surface area contributed by atoms with Gasteiger partial charge in [0.25, 0.3) is 5.56 Å². The summed E-state index contributed by atoms with van der Waals surface area (Å²) in [5, 5.41) is 18.7. The highest BCUT2D eigenvalue weighted by atomic mass is 32.2. The van der Waals surface area contributed by atoms with Gasteiger partial charge in [-0.15, -0.1) is 20.4 Å². The molecule has 1 N–H and O–H groups in total. The minimum Gasteiger partial charge on any atom is -0.351 e. The number of nitrogens with one attached hydrogen (secondary N) is 1. The number of thioether (sulfide) groups is 1. The van der Waals surface area contributed by atoms with Gasteiger partial charge in [-0.3, -0.25) is 13.8 Å². The zero-order chi connectivity index (χ0) is 19.9. The molecular weight excluding hydrogens is 415 g/mol. The molecule has 146 valence electrons. The standard InChI is InChI=1S/C15H12F3N7OS2/c1-24-11(26)8-4-2-3-5-9(8)25-10(20-22-13(24)25)6-27-14-23-21-12(28-14)19-7-15(16,17)18/h2-5H,6-7H2,1H3,(H,19,21). The molecule has 0 aliphatic rings. The fourth-order valence-electron chi connectivity index (χ4n) is 2.63. The molecule has 0 amide bonds. The number of halogens is 3. The van der Waals surface area contributed by atoms with Crippen LogP contribution in [0, 0.1) is 0 Å². The molecule has 0 unspecified atom stereocenters. The molecule has 0 spiro atoms. The fraction of sp³-hybridized carbons (Fsp3) is 0.267. The highest BCUT2D eigenvalue weighted by molar-refractivity contribution is 8.00. The quantitative estimate of drug-likeness (QED) is 0.490. The zero-order valence-electron chi connectivity index (χ0n) is 14.3. The Morgan fingerprint density at radius 1 is 1.18 bits per heavy atom. The second kappa shape index (κ2) is 7.05. The Bertz CT molecular complexity index is 1210. The third-order valence-electron chi connectivity index (χ3n) is 3.86. The van der Waals surface area contributed by atoms with Crippen LogP contribution >= 0.6 is 23.1 Å². The van der Waals surface area contributed by atoms with E-state index in [1.165, 1.54) is 16.3 Å². The van der Waals surface area contributed by atoms with Gasteiger partial charge in [0, 0.05) is 7.05 Å². The Balaban J connectivity index is 1.60. The Hall–Kier alpha value is -2.67. The van der Waals surface area contributed by atoms with Crippen molar-refractivity contribution in [1.82, 2.24) is 29.4 Å². The Kier molecular flexibility index (Phi) is 4.71. The summed E-state index contributed by atoms with van der Waals surface area (Å²) in [6.07, 6.45) is -4.32. The molecule has 4 aromatic rings. The Morgan fingerprint density at radius 3 is 2.75 bits per heavy atom. The summed E-state index contributed by atoms with van der Waals surface area (Å²) in [5.41, 5.74) is 0.519. The van der Waals surface area contributed by atoms with Gasteiger partial charge in [0.15, 0.2) is 4.34 Å². The van der Waals surface area contributed by atoms with E-state index in [1.54, 1.807) is 23.6 Å². The van der Waals surface area contributed by atoms with E-state index in [-0.39, 0.29) is 10.7 Å². The fourth-order valence-corrected chi connectivity index (χ4v) is 4.29. The first-order valence-electron chi connectivity index (χ1n) is 7.92. The molecule has 1 aromatic carbocycles. The van der Waals surface area contributed by atoms with Crippen molar-refractivity contribution in [1.29, 1.82) is 0 Å². The maximum atomic E-state index is 12.4. The molecule has 13 heteroatoms. The molecule has 0 aliphatic heterocycles. The van der Waals surface area contributed by atoms with E-state index in [1.807, 2.05) is 12.1 Å². The number of anilines is 1. The van der Waals surface area contributed by atoms with Crippen LogP contribution in [-0.4, -0.2) is 42.1 Å². The first-order chi connectivity index (χ1) is 13.3. The van der Waals surface area contributed by atoms with Crippen LogP contribution in [0.15, 0.2) is 33.4 Å². The van der Waals surface area contributed by atoms with Crippen LogP contribution in [0.25, 0.3) is 16.7 Å². The highest BCUT2D eigenvalue weighted by Gasteiger charge is 2.27. The van der Waals surface area contributed by atoms with Crippen LogP contribution in [-0.2, 0) is 12.8 Å². The van der Waals surface area contributed by atoms with E-state index in [0.717, 1.165) is 11.3 Å². The maximum absolute atomic E-state index is 12.4. The molecule has 4 rings (SSSR count). The van der Waals surface area contributed by atoms with Gasteiger partial charge in [-0.25, -0.2) is 0 Å². The molecule has 0 fully saturated rings. The van der Waals surface area contributed by atoms with Crippen LogP contribution in [0.2, 0.25) is 0 Å². The van der Waals surface area contributed by atoms with E-state index in [4.69, 9.17) is 0 Å². The predicted octanol–water partition coefficient (Wildman–Crippen LogP) is 2.70. The van der Waals surface area contributed by atoms with Gasteiger partial charge in [0.05, 0.1) is 16.7 Å². The second-order valence-electron chi connectivity index (χ2n) is 5.76. The number of alkyl halides is 3. The van der Waals surface area contributed by atoms with Crippen LogP contribution in [0.3, 0.4) is 0 Å². The van der Waals surface area contributed by atoms with Gasteiger partial charge < -0.3 is 5.32 Å². The monoisotopic (exact) mass is 427 g/mol. The van der Waals surface area contributed by atoms with Gasteiger partial charge >= 0.3 is 6.18 Å². The van der Waals surface area contributed by atoms with Gasteiger partial charge in [-0.05, 0) is 12.1 Å². The van der Waals surface area contributed by atoms with Crippen LogP contribution in [0.5, 0.6) is 0 Å². The summed E-state index contributed by atoms with van der Waals surface area (Å²) >= 11 is 2.31. The average molecular weight is 427 g/mol. The van der Waals surface area contributed by atoms with Crippen molar-refractivity contribution in [2.45, 2.75) is 16.3 Å². The van der Waals surface area contributed by atoms with Gasteiger partial charge in [0.2, 0.25) is 10.9 Å². The molecule has 0 bridgehead atoms. The molecule has 0 aliphatic carbocycles. The topological polar surface area (TPSA) is 90.0 Å². The summed E-state index contributed by atoms with van der Waals surface area (Å²) in [4.78, 5) is 12.4. The Morgan fingerprint density at radius 2 is 1.96 bits per heavy atom. The molecule has 28 heavy (non-hydrogen) atoms. The van der Waals surface area contributed by atoms with Crippen molar-refractivity contribution in [3.8, 4) is 0 Å². The number of aromatic nitrogens is 6. The van der Waals surface area contributed by atoms with Crippen molar-refractivity contribution in [3.05, 3.63) is 40.4 Å². The predicted molar refractivity (Wildman–Crippen MR) is 99.7 cm³/mol. The summed E-state index contributed by atoms with van der Waals surface area (Å²) < 4.78 is 40.5. The molecule has 3 aromatic heterocycles. The number of hydrogen-bond donors (Lipinski definition) is 1. The van der Waals surface area contributed by atoms with E-state index in [0.29, 0.717) is 32.6 Å². The van der Waals surface area contributed by atoms with Crippen molar-refractivity contribution in [2.75, 3.05) is 11.9 Å². The summed E-state index contributed by atoms with van der Waals surface area (Å²) in [7, 11) is 1.62. The number of fused-ring (bicyclic) bond motifs is 3. The molecule has 3 heterocycles. The first kappa shape index (κ1) is 18.7. The first-order valence-corrected chi connectivity index (χ1v) is 9.72. The largest absolute Gasteiger partial charge is 0.405 e. The van der Waals surface area contributed by atoms with E-state index < -0.39 is 12.7 Å². The molecule has 0 saturated heterocycles. The minimum atomic E-state index is -4.32. The number of hydrogen-bond acceptors (Lipinski definition) is 8. The number of para-hydroxylation sites is 1. The lowest BCUT2D eigenvalue weighted by Gasteiger charge is -2.07. The van der Waals surface area contributed by atoms with E-state index in [9.17, 15) is 18.0 Å². The Labute approximate surface area is 163 Å². The van der Waals surface area contributed by atoms with Crippen LogP contribution in [0.1, 0.15) is 5.82 Å². The number of rotatable bonds is 5. The molecule has 0 radical (unpaired) electrons. The lowest BCUT2D eigenvalue weighted by atomic mass is 10.2. The third kappa shape index (κ3) is 3.54. The van der Waals surface area contributed by atoms with E-state index in [2.05, 4.69) is 25.7 Å². The van der Waals surface area contributed by atoms with Gasteiger partial charge in [0.1, 0.15) is 12.4 Å². The lowest BCUT2D eigenvalue weighted by molar-refractivity contribution is -0.115. The van der Waals surface area contributed by atoms with Gasteiger partial charge in [-0.2, -0.15) is 13.2 Å². The molecular formula is C15H12F3N7OS2. The molecule has 0 saturated carbocycles. The van der Waals surface area contributed by atoms with Crippen molar-refractivity contribution >= 4 is 44.9 Å². The van der Waals surface area contributed by atoms with Crippen LogP contribution < -0.4 is 10.9 Å². The lowest BCUT2D eigenvalue weighted by Crippen LogP contribution is -2.21. The van der Waals surface area contributed by atoms with E-state index >= 15 is 0 Å². The summed E-state index contributed by atoms with van der Waals surface area (Å²) in [6, 6.07) is 7.15. The third-order valence-corrected chi connectivity index (χ3v) is 5.87. The average Bonchev–Trinajstić information content (AvgIpc) is 3.29. The number of aryl methyl sites for hydroxylation is 1. The minimum absolute atomic E-state index is 0.0961. The van der Waals surface area contributed by atoms with Crippen molar-refractivity contribution in [3.63, 3.8) is 0 Å². The van der Waals surface area contributed by atoms with Gasteiger partial charge in [-0.1, -0.05) is 35.2 Å². The zero-order valence-corrected chi connectivity index (χ0v) is 15.9. The SMILES string of the molecule is Cn1c(=O)c2ccccc2n2c(CSc3nnc(NCC(F)(F)F)s3)nnc12. The van der Waals surface area contributed by atoms with Crippen molar-refractivity contribution in [2.24, 2.45) is 7.05 Å². The number of benzene rings is 1.